The number of ether oxygens (including phenoxy) is 3. The van der Waals surface area contributed by atoms with Crippen LogP contribution in [0.4, 0.5) is 0 Å². The number of aliphatic hydroxyl groups excluding tert-OH is 2. The Labute approximate surface area is 135 Å². The number of nitrogens with two attached hydrogens (primary N) is 2. The number of carbonyl (C=O) groups is 1. The molecule has 9 heteroatoms. The summed E-state index contributed by atoms with van der Waals surface area (Å²) >= 11 is 0. The number of carbonyl (C=O) groups excluding carboxylic acids is 1. The summed E-state index contributed by atoms with van der Waals surface area (Å²) < 4.78 is 16.6. The molecule has 7 N–H and O–H groups in total. The predicted molar refractivity (Wildman–Crippen MR) is 80.3 cm³/mol. The SMILES string of the molecule is NCCC[C@H](N)C(=O)NCC1OC2OCCCOC1C(O)C2O. The van der Waals surface area contributed by atoms with E-state index in [1.165, 1.54) is 0 Å². The Hall–Kier alpha value is -0.810. The van der Waals surface area contributed by atoms with Crippen LogP contribution < -0.4 is 16.8 Å². The molecule has 134 valence electrons. The normalized spacial score (nSPS) is 35.9. The molecule has 0 aromatic heterocycles. The van der Waals surface area contributed by atoms with Gasteiger partial charge >= 0.3 is 0 Å². The molecule has 3 rings (SSSR count). The highest BCUT2D eigenvalue weighted by atomic mass is 16.7. The molecule has 23 heavy (non-hydrogen) atoms. The first-order valence-corrected chi connectivity index (χ1v) is 8.02. The van der Waals surface area contributed by atoms with E-state index in [1.54, 1.807) is 0 Å². The van der Waals surface area contributed by atoms with Crippen LogP contribution in [0.5, 0.6) is 0 Å². The number of aliphatic hydroxyl groups is 2. The molecule has 3 fully saturated rings. The van der Waals surface area contributed by atoms with Gasteiger partial charge in [-0.1, -0.05) is 0 Å². The second-order valence-corrected chi connectivity index (χ2v) is 5.87. The van der Waals surface area contributed by atoms with Crippen LogP contribution in [0, 0.1) is 0 Å². The van der Waals surface area contributed by atoms with Gasteiger partial charge in [0.25, 0.3) is 0 Å². The molecule has 3 saturated heterocycles. The van der Waals surface area contributed by atoms with Crippen molar-refractivity contribution in [2.45, 2.75) is 56.0 Å². The maximum atomic E-state index is 11.9. The Kier molecular flexibility index (Phi) is 7.15. The molecule has 9 nitrogen and oxygen atoms in total. The number of rotatable bonds is 6. The first kappa shape index (κ1) is 18.5. The lowest BCUT2D eigenvalue weighted by atomic mass is 9.98. The quantitative estimate of drug-likeness (QED) is 0.356. The van der Waals surface area contributed by atoms with Gasteiger partial charge in [-0.05, 0) is 25.8 Å². The fourth-order valence-electron chi connectivity index (χ4n) is 2.69. The number of hydrogen-bond donors (Lipinski definition) is 5. The minimum Gasteiger partial charge on any atom is -0.387 e. The Morgan fingerprint density at radius 1 is 1.26 bits per heavy atom. The Morgan fingerprint density at radius 3 is 2.74 bits per heavy atom. The van der Waals surface area contributed by atoms with E-state index in [-0.39, 0.29) is 12.5 Å². The Bertz CT molecular complexity index is 384. The average molecular weight is 333 g/mol. The maximum Gasteiger partial charge on any atom is 0.237 e. The van der Waals surface area contributed by atoms with E-state index >= 15 is 0 Å². The van der Waals surface area contributed by atoms with Crippen molar-refractivity contribution in [3.05, 3.63) is 0 Å². The smallest absolute Gasteiger partial charge is 0.237 e. The fraction of sp³-hybridized carbons (Fsp3) is 0.929. The summed E-state index contributed by atoms with van der Waals surface area (Å²) in [6.45, 7) is 1.34. The van der Waals surface area contributed by atoms with Crippen molar-refractivity contribution in [3.8, 4) is 0 Å². The van der Waals surface area contributed by atoms with Crippen molar-refractivity contribution in [3.63, 3.8) is 0 Å². The lowest BCUT2D eigenvalue weighted by molar-refractivity contribution is -0.292. The molecule has 6 atom stereocenters. The molecular formula is C14H27N3O6. The topological polar surface area (TPSA) is 149 Å². The van der Waals surface area contributed by atoms with Gasteiger partial charge in [-0.15, -0.1) is 0 Å². The first-order chi connectivity index (χ1) is 11.0. The van der Waals surface area contributed by atoms with E-state index in [0.717, 1.165) is 0 Å². The third-order valence-electron chi connectivity index (χ3n) is 4.06. The minimum atomic E-state index is -1.18. The van der Waals surface area contributed by atoms with Gasteiger partial charge in [0.15, 0.2) is 6.29 Å². The summed E-state index contributed by atoms with van der Waals surface area (Å²) in [5.74, 6) is -0.311. The maximum absolute atomic E-state index is 11.9. The van der Waals surface area contributed by atoms with Crippen LogP contribution in [-0.2, 0) is 19.0 Å². The lowest BCUT2D eigenvalue weighted by Crippen LogP contribution is -2.61. The van der Waals surface area contributed by atoms with Crippen LogP contribution in [0.15, 0.2) is 0 Å². The summed E-state index contributed by atoms with van der Waals surface area (Å²) in [6, 6.07) is -0.639. The molecule has 0 saturated carbocycles. The zero-order valence-corrected chi connectivity index (χ0v) is 13.1. The number of nitrogens with one attached hydrogen (secondary N) is 1. The van der Waals surface area contributed by atoms with Crippen molar-refractivity contribution in [2.75, 3.05) is 26.3 Å². The van der Waals surface area contributed by atoms with Crippen LogP contribution in [0.2, 0.25) is 0 Å². The highest BCUT2D eigenvalue weighted by molar-refractivity contribution is 5.81. The van der Waals surface area contributed by atoms with Crippen LogP contribution in [0.25, 0.3) is 0 Å². The summed E-state index contributed by atoms with van der Waals surface area (Å²) in [6.07, 6.45) is -2.81. The van der Waals surface area contributed by atoms with Crippen molar-refractivity contribution >= 4 is 5.91 Å². The van der Waals surface area contributed by atoms with Gasteiger partial charge in [-0.2, -0.15) is 0 Å². The van der Waals surface area contributed by atoms with E-state index in [1.807, 2.05) is 0 Å². The first-order valence-electron chi connectivity index (χ1n) is 8.02. The largest absolute Gasteiger partial charge is 0.387 e. The molecule has 0 spiro atoms. The van der Waals surface area contributed by atoms with E-state index in [9.17, 15) is 15.0 Å². The molecular weight excluding hydrogens is 306 g/mol. The van der Waals surface area contributed by atoms with Crippen molar-refractivity contribution in [1.29, 1.82) is 0 Å². The summed E-state index contributed by atoms with van der Waals surface area (Å²) in [5, 5.41) is 22.8. The average Bonchev–Trinajstić information content (AvgIpc) is 2.69. The van der Waals surface area contributed by atoms with Gasteiger partial charge in [-0.3, -0.25) is 4.79 Å². The Morgan fingerprint density at radius 2 is 2.00 bits per heavy atom. The predicted octanol–water partition coefficient (Wildman–Crippen LogP) is -2.58. The summed E-state index contributed by atoms with van der Waals surface area (Å²) in [5.41, 5.74) is 11.2. The summed E-state index contributed by atoms with van der Waals surface area (Å²) in [4.78, 5) is 11.9. The van der Waals surface area contributed by atoms with Gasteiger partial charge in [0.05, 0.1) is 12.6 Å². The molecule has 0 aromatic rings. The number of amides is 1. The third kappa shape index (κ3) is 4.83. The molecule has 3 heterocycles. The Balaban J connectivity index is 1.92. The van der Waals surface area contributed by atoms with E-state index in [0.29, 0.717) is 39.0 Å². The van der Waals surface area contributed by atoms with Crippen molar-refractivity contribution < 1.29 is 29.2 Å². The van der Waals surface area contributed by atoms with Gasteiger partial charge in [-0.25, -0.2) is 0 Å². The van der Waals surface area contributed by atoms with E-state index in [4.69, 9.17) is 25.7 Å². The molecule has 5 unspecified atom stereocenters. The van der Waals surface area contributed by atoms with Gasteiger partial charge < -0.3 is 41.2 Å². The molecule has 3 aliphatic heterocycles. The van der Waals surface area contributed by atoms with Crippen LogP contribution in [0.3, 0.4) is 0 Å². The van der Waals surface area contributed by atoms with Crippen LogP contribution in [0.1, 0.15) is 19.3 Å². The zero-order chi connectivity index (χ0) is 16.8. The zero-order valence-electron chi connectivity index (χ0n) is 13.1. The molecule has 3 aliphatic rings. The molecule has 1 amide bonds. The monoisotopic (exact) mass is 333 g/mol. The molecule has 2 bridgehead atoms. The minimum absolute atomic E-state index is 0.115. The van der Waals surface area contributed by atoms with Crippen molar-refractivity contribution in [2.24, 2.45) is 11.5 Å². The molecule has 0 aromatic carbocycles. The van der Waals surface area contributed by atoms with Crippen LogP contribution >= 0.6 is 0 Å². The fourth-order valence-corrected chi connectivity index (χ4v) is 2.69. The van der Waals surface area contributed by atoms with Crippen LogP contribution in [-0.4, -0.2) is 79.2 Å². The lowest BCUT2D eigenvalue weighted by Gasteiger charge is -2.41. The summed E-state index contributed by atoms with van der Waals surface area (Å²) in [7, 11) is 0. The van der Waals surface area contributed by atoms with E-state index in [2.05, 4.69) is 5.32 Å². The highest BCUT2D eigenvalue weighted by Crippen LogP contribution is 2.25. The van der Waals surface area contributed by atoms with Gasteiger partial charge in [0, 0.05) is 13.2 Å². The van der Waals surface area contributed by atoms with Gasteiger partial charge in [0.2, 0.25) is 5.91 Å². The van der Waals surface area contributed by atoms with Crippen molar-refractivity contribution in [1.82, 2.24) is 5.32 Å². The molecule has 0 radical (unpaired) electrons. The second kappa shape index (κ2) is 8.88. The number of fused-ring (bicyclic) bond motifs is 6. The highest BCUT2D eigenvalue weighted by Gasteiger charge is 2.46. The number of hydrogen-bond acceptors (Lipinski definition) is 8. The third-order valence-corrected chi connectivity index (χ3v) is 4.06. The standard InChI is InChI=1S/C14H27N3O6/c15-4-1-3-8(16)13(20)17-7-9-12-10(18)11(19)14(23-9)22-6-2-5-21-12/h8-12,14,18-19H,1-7,15-16H2,(H,17,20)/t8-,9?,10?,11?,12?,14?/m0/s1. The molecule has 0 aliphatic carbocycles. The second-order valence-electron chi connectivity index (χ2n) is 5.87. The van der Waals surface area contributed by atoms with Gasteiger partial charge in [0.1, 0.15) is 24.4 Å². The van der Waals surface area contributed by atoms with E-state index < -0.39 is 36.7 Å².